The molecule has 1 heterocycles. The number of aromatic nitrogens is 1. The van der Waals surface area contributed by atoms with Gasteiger partial charge in [-0.1, -0.05) is 0 Å². The van der Waals surface area contributed by atoms with E-state index in [0.29, 0.717) is 30.0 Å². The van der Waals surface area contributed by atoms with E-state index in [2.05, 4.69) is 4.98 Å². The first-order valence-corrected chi connectivity index (χ1v) is 5.80. The Morgan fingerprint density at radius 1 is 1.50 bits per heavy atom. The van der Waals surface area contributed by atoms with Crippen LogP contribution in [0, 0.1) is 6.92 Å². The number of pyridine rings is 1. The first kappa shape index (κ1) is 14.4. The van der Waals surface area contributed by atoms with Gasteiger partial charge in [-0.2, -0.15) is 0 Å². The lowest BCUT2D eigenvalue weighted by Crippen LogP contribution is -2.25. The van der Waals surface area contributed by atoms with E-state index in [0.717, 1.165) is 0 Å². The number of aryl methyl sites for hydroxylation is 1. The van der Waals surface area contributed by atoms with Gasteiger partial charge in [0.1, 0.15) is 0 Å². The highest BCUT2D eigenvalue weighted by atomic mass is 16.5. The van der Waals surface area contributed by atoms with E-state index >= 15 is 0 Å². The Labute approximate surface area is 107 Å². The van der Waals surface area contributed by atoms with Crippen LogP contribution in [0.1, 0.15) is 36.3 Å². The van der Waals surface area contributed by atoms with Crippen molar-refractivity contribution in [2.75, 3.05) is 19.5 Å². The Morgan fingerprint density at radius 3 is 2.78 bits per heavy atom. The third-order valence-electron chi connectivity index (χ3n) is 2.82. The fraction of sp³-hybridized carbons (Fsp3) is 0.538. The molecule has 0 saturated heterocycles. The Kier molecular flexibility index (Phi) is 4.67. The molecule has 1 aromatic heterocycles. The minimum absolute atomic E-state index is 0.300. The summed E-state index contributed by atoms with van der Waals surface area (Å²) in [4.78, 5) is 15.9. The van der Waals surface area contributed by atoms with Gasteiger partial charge >= 0.3 is 5.97 Å². The van der Waals surface area contributed by atoms with Gasteiger partial charge in [-0.15, -0.1) is 0 Å². The summed E-state index contributed by atoms with van der Waals surface area (Å²) in [6.07, 6.45) is 2.14. The molecule has 5 heteroatoms. The number of nitrogens with zero attached hydrogens (tertiary/aromatic N) is 1. The average molecular weight is 252 g/mol. The zero-order valence-corrected chi connectivity index (χ0v) is 11.3. The fourth-order valence-corrected chi connectivity index (χ4v) is 1.33. The van der Waals surface area contributed by atoms with E-state index in [9.17, 15) is 4.79 Å². The largest absolute Gasteiger partial charge is 0.462 e. The predicted molar refractivity (Wildman–Crippen MR) is 69.4 cm³/mol. The van der Waals surface area contributed by atoms with E-state index in [1.54, 1.807) is 20.1 Å². The summed E-state index contributed by atoms with van der Waals surface area (Å²) in [5.74, 6) is -0.404. The lowest BCUT2D eigenvalue weighted by Gasteiger charge is -2.22. The van der Waals surface area contributed by atoms with Crippen LogP contribution in [0.5, 0.6) is 0 Å². The van der Waals surface area contributed by atoms with Crippen LogP contribution < -0.4 is 5.73 Å². The fourth-order valence-electron chi connectivity index (χ4n) is 1.33. The average Bonchev–Trinajstić information content (AvgIpc) is 2.32. The number of hydrogen-bond acceptors (Lipinski definition) is 5. The molecule has 0 fully saturated rings. The molecule has 0 saturated carbocycles. The number of anilines is 1. The number of nitrogen functional groups attached to an aromatic ring is 1. The van der Waals surface area contributed by atoms with Gasteiger partial charge in [0.2, 0.25) is 0 Å². The normalized spacial score (nSPS) is 11.3. The highest BCUT2D eigenvalue weighted by Crippen LogP contribution is 2.15. The van der Waals surface area contributed by atoms with Gasteiger partial charge in [-0.3, -0.25) is 4.98 Å². The number of nitrogens with two attached hydrogens (primary N) is 1. The number of carbonyl (C=O) groups is 1. The summed E-state index contributed by atoms with van der Waals surface area (Å²) in [5.41, 5.74) is 6.76. The molecule has 0 spiro atoms. The van der Waals surface area contributed by atoms with Gasteiger partial charge in [-0.25, -0.2) is 4.79 Å². The van der Waals surface area contributed by atoms with Crippen LogP contribution in [-0.4, -0.2) is 30.3 Å². The predicted octanol–water partition coefficient (Wildman–Crippen LogP) is 1.94. The second-order valence-electron chi connectivity index (χ2n) is 4.75. The molecule has 0 aliphatic rings. The summed E-state index contributed by atoms with van der Waals surface area (Å²) < 4.78 is 10.4. The number of methoxy groups -OCH3 is 1. The topological polar surface area (TPSA) is 74.4 Å². The van der Waals surface area contributed by atoms with Crippen LogP contribution >= 0.6 is 0 Å². The Bertz CT molecular complexity index is 430. The number of hydrogen-bond donors (Lipinski definition) is 1. The van der Waals surface area contributed by atoms with Crippen molar-refractivity contribution < 1.29 is 14.3 Å². The van der Waals surface area contributed by atoms with Crippen LogP contribution in [0.2, 0.25) is 0 Å². The standard InChI is InChI=1S/C13H20N2O3/c1-9-11(7-10(14)8-15-9)12(16)18-6-5-13(2,3)17-4/h7-8H,5-6,14H2,1-4H3. The summed E-state index contributed by atoms with van der Waals surface area (Å²) in [6.45, 7) is 5.92. The van der Waals surface area contributed by atoms with E-state index in [4.69, 9.17) is 15.2 Å². The van der Waals surface area contributed by atoms with Crippen molar-refractivity contribution in [2.45, 2.75) is 32.8 Å². The van der Waals surface area contributed by atoms with E-state index < -0.39 is 5.97 Å². The molecule has 0 amide bonds. The molecule has 0 radical (unpaired) electrons. The molecule has 2 N–H and O–H groups in total. The molecule has 1 rings (SSSR count). The maximum absolute atomic E-state index is 11.8. The van der Waals surface area contributed by atoms with Crippen molar-refractivity contribution in [3.63, 3.8) is 0 Å². The SMILES string of the molecule is COC(C)(C)CCOC(=O)c1cc(N)cnc1C. The van der Waals surface area contributed by atoms with Crippen molar-refractivity contribution in [3.05, 3.63) is 23.5 Å². The third kappa shape index (κ3) is 4.00. The molecule has 0 atom stereocenters. The first-order chi connectivity index (χ1) is 8.35. The van der Waals surface area contributed by atoms with Gasteiger partial charge in [0, 0.05) is 13.5 Å². The number of rotatable bonds is 5. The van der Waals surface area contributed by atoms with Crippen molar-refractivity contribution in [3.8, 4) is 0 Å². The summed E-state index contributed by atoms with van der Waals surface area (Å²) in [6, 6.07) is 1.58. The van der Waals surface area contributed by atoms with Crippen LogP contribution in [0.15, 0.2) is 12.3 Å². The van der Waals surface area contributed by atoms with Crippen molar-refractivity contribution >= 4 is 11.7 Å². The lowest BCUT2D eigenvalue weighted by molar-refractivity contribution is -0.00566. The van der Waals surface area contributed by atoms with E-state index in [1.807, 2.05) is 13.8 Å². The first-order valence-electron chi connectivity index (χ1n) is 5.80. The summed E-state index contributed by atoms with van der Waals surface area (Å²) >= 11 is 0. The molecule has 0 aliphatic carbocycles. The molecule has 0 unspecified atom stereocenters. The molecular formula is C13H20N2O3. The summed E-state index contributed by atoms with van der Waals surface area (Å²) in [5, 5.41) is 0. The maximum atomic E-state index is 11.8. The van der Waals surface area contributed by atoms with E-state index in [1.165, 1.54) is 6.20 Å². The van der Waals surface area contributed by atoms with Gasteiger partial charge < -0.3 is 15.2 Å². The molecule has 0 bridgehead atoms. The minimum Gasteiger partial charge on any atom is -0.462 e. The number of ether oxygens (including phenoxy) is 2. The number of esters is 1. The second kappa shape index (κ2) is 5.82. The lowest BCUT2D eigenvalue weighted by atomic mass is 10.1. The van der Waals surface area contributed by atoms with Gasteiger partial charge in [-0.05, 0) is 26.8 Å². The zero-order valence-electron chi connectivity index (χ0n) is 11.3. The quantitative estimate of drug-likeness (QED) is 0.811. The van der Waals surface area contributed by atoms with E-state index in [-0.39, 0.29) is 5.60 Å². The molecule has 5 nitrogen and oxygen atoms in total. The Morgan fingerprint density at radius 2 is 2.17 bits per heavy atom. The van der Waals surface area contributed by atoms with Crippen LogP contribution in [-0.2, 0) is 9.47 Å². The van der Waals surface area contributed by atoms with Crippen molar-refractivity contribution in [1.82, 2.24) is 4.98 Å². The van der Waals surface area contributed by atoms with Crippen LogP contribution in [0.25, 0.3) is 0 Å². The van der Waals surface area contributed by atoms with Gasteiger partial charge in [0.25, 0.3) is 0 Å². The maximum Gasteiger partial charge on any atom is 0.340 e. The molecule has 0 aromatic carbocycles. The molecule has 1 aromatic rings. The van der Waals surface area contributed by atoms with Crippen molar-refractivity contribution in [2.24, 2.45) is 0 Å². The monoisotopic (exact) mass is 252 g/mol. The Hall–Kier alpha value is -1.62. The highest BCUT2D eigenvalue weighted by molar-refractivity contribution is 5.91. The minimum atomic E-state index is -0.404. The zero-order chi connectivity index (χ0) is 13.8. The number of carbonyl (C=O) groups excluding carboxylic acids is 1. The van der Waals surface area contributed by atoms with Gasteiger partial charge in [0.15, 0.2) is 0 Å². The molecule has 100 valence electrons. The Balaban J connectivity index is 2.58. The molecule has 0 aliphatic heterocycles. The second-order valence-corrected chi connectivity index (χ2v) is 4.75. The van der Waals surface area contributed by atoms with Crippen LogP contribution in [0.3, 0.4) is 0 Å². The third-order valence-corrected chi connectivity index (χ3v) is 2.82. The molecular weight excluding hydrogens is 232 g/mol. The van der Waals surface area contributed by atoms with Crippen LogP contribution in [0.4, 0.5) is 5.69 Å². The smallest absolute Gasteiger partial charge is 0.340 e. The molecule has 18 heavy (non-hydrogen) atoms. The summed E-state index contributed by atoms with van der Waals surface area (Å²) in [7, 11) is 1.63. The highest BCUT2D eigenvalue weighted by Gasteiger charge is 2.18. The van der Waals surface area contributed by atoms with Gasteiger partial charge in [0.05, 0.1) is 35.3 Å². The van der Waals surface area contributed by atoms with Crippen molar-refractivity contribution in [1.29, 1.82) is 0 Å².